The number of guanidine groups is 1. The number of likely N-dealkylation sites (N-methyl/N-ethyl adjacent to an activating group) is 1. The summed E-state index contributed by atoms with van der Waals surface area (Å²) in [6.07, 6.45) is 2.79. The molecule has 1 atom stereocenters. The molecule has 2 N–H and O–H groups in total. The van der Waals surface area contributed by atoms with Crippen LogP contribution in [-0.4, -0.2) is 53.2 Å². The highest BCUT2D eigenvalue weighted by atomic mass is 32.2. The maximum Gasteiger partial charge on any atom is 0.191 e. The predicted octanol–water partition coefficient (Wildman–Crippen LogP) is 1.93. The molecule has 1 aromatic carbocycles. The molecule has 2 aromatic rings. The first kappa shape index (κ1) is 21.9. The molecule has 0 amide bonds. The van der Waals surface area contributed by atoms with E-state index < -0.39 is 15.7 Å². The lowest BCUT2D eigenvalue weighted by atomic mass is 10.1. The average Bonchev–Trinajstić information content (AvgIpc) is 3.12. The Balaban J connectivity index is 2.03. The predicted molar refractivity (Wildman–Crippen MR) is 108 cm³/mol. The molecule has 0 fully saturated rings. The van der Waals surface area contributed by atoms with E-state index in [-0.39, 0.29) is 18.3 Å². The number of sulfone groups is 1. The third-order valence-corrected chi connectivity index (χ3v) is 5.05. The molecule has 0 radical (unpaired) electrons. The number of hydrogen-bond acceptors (Lipinski definition) is 5. The SMILES string of the molecule is CN=C(NCc1cc(F)ccc1CS(C)(=O)=O)NCC(c1ccco1)N(C)C. The van der Waals surface area contributed by atoms with Gasteiger partial charge in [0.25, 0.3) is 0 Å². The van der Waals surface area contributed by atoms with E-state index in [4.69, 9.17) is 4.42 Å². The molecule has 0 bridgehead atoms. The van der Waals surface area contributed by atoms with Crippen LogP contribution in [0.15, 0.2) is 46.0 Å². The van der Waals surface area contributed by atoms with Gasteiger partial charge in [0.1, 0.15) is 11.6 Å². The summed E-state index contributed by atoms with van der Waals surface area (Å²) < 4.78 is 42.4. The number of nitrogens with one attached hydrogen (secondary N) is 2. The van der Waals surface area contributed by atoms with Gasteiger partial charge in [-0.15, -0.1) is 0 Å². The van der Waals surface area contributed by atoms with Crippen molar-refractivity contribution in [1.29, 1.82) is 0 Å². The highest BCUT2D eigenvalue weighted by Crippen LogP contribution is 2.17. The largest absolute Gasteiger partial charge is 0.468 e. The van der Waals surface area contributed by atoms with Gasteiger partial charge in [0.2, 0.25) is 0 Å². The van der Waals surface area contributed by atoms with Crippen LogP contribution in [0, 0.1) is 5.82 Å². The fourth-order valence-electron chi connectivity index (χ4n) is 2.79. The van der Waals surface area contributed by atoms with Gasteiger partial charge >= 0.3 is 0 Å². The number of nitrogens with zero attached hydrogens (tertiary/aromatic N) is 2. The molecule has 0 aliphatic carbocycles. The van der Waals surface area contributed by atoms with E-state index >= 15 is 0 Å². The minimum atomic E-state index is -3.22. The maximum atomic E-state index is 13.6. The van der Waals surface area contributed by atoms with Gasteiger partial charge in [-0.1, -0.05) is 6.07 Å². The van der Waals surface area contributed by atoms with E-state index in [1.807, 2.05) is 31.1 Å². The zero-order chi connectivity index (χ0) is 20.7. The fraction of sp³-hybridized carbons (Fsp3) is 0.421. The van der Waals surface area contributed by atoms with Crippen LogP contribution in [0.2, 0.25) is 0 Å². The lowest BCUT2D eigenvalue weighted by Gasteiger charge is -2.24. The van der Waals surface area contributed by atoms with E-state index in [1.165, 1.54) is 18.2 Å². The second kappa shape index (κ2) is 9.70. The average molecular weight is 411 g/mol. The molecule has 0 aliphatic rings. The number of furan rings is 1. The van der Waals surface area contributed by atoms with Crippen molar-refractivity contribution in [3.63, 3.8) is 0 Å². The maximum absolute atomic E-state index is 13.6. The third kappa shape index (κ3) is 6.65. The van der Waals surface area contributed by atoms with Crippen molar-refractivity contribution < 1.29 is 17.2 Å². The van der Waals surface area contributed by atoms with Gasteiger partial charge in [-0.05, 0) is 49.5 Å². The molecule has 9 heteroatoms. The summed E-state index contributed by atoms with van der Waals surface area (Å²) in [5.74, 6) is 0.793. The van der Waals surface area contributed by atoms with Gasteiger partial charge in [0, 0.05) is 26.4 Å². The lowest BCUT2D eigenvalue weighted by Crippen LogP contribution is -2.41. The Morgan fingerprint density at radius 2 is 2.00 bits per heavy atom. The highest BCUT2D eigenvalue weighted by Gasteiger charge is 2.17. The van der Waals surface area contributed by atoms with Crippen molar-refractivity contribution in [2.75, 3.05) is 33.9 Å². The van der Waals surface area contributed by atoms with Crippen molar-refractivity contribution in [3.05, 3.63) is 59.3 Å². The van der Waals surface area contributed by atoms with Gasteiger partial charge in [0.05, 0.1) is 18.1 Å². The molecular formula is C19H27FN4O3S. The molecule has 2 rings (SSSR count). The Labute approximate surface area is 165 Å². The van der Waals surface area contributed by atoms with Crippen molar-refractivity contribution in [2.24, 2.45) is 4.99 Å². The molecular weight excluding hydrogens is 383 g/mol. The summed E-state index contributed by atoms with van der Waals surface area (Å²) in [5.41, 5.74) is 1.14. The number of hydrogen-bond donors (Lipinski definition) is 2. The topological polar surface area (TPSA) is 86.9 Å². The number of rotatable bonds is 8. The van der Waals surface area contributed by atoms with Gasteiger partial charge in [-0.25, -0.2) is 12.8 Å². The summed E-state index contributed by atoms with van der Waals surface area (Å²) in [5, 5.41) is 6.32. The molecule has 0 aliphatic heterocycles. The number of benzene rings is 1. The van der Waals surface area contributed by atoms with Gasteiger partial charge in [-0.2, -0.15) is 0 Å². The Morgan fingerprint density at radius 3 is 2.57 bits per heavy atom. The second-order valence-electron chi connectivity index (χ2n) is 6.78. The molecule has 0 saturated carbocycles. The van der Waals surface area contributed by atoms with Crippen LogP contribution < -0.4 is 10.6 Å². The molecule has 1 aromatic heterocycles. The summed E-state index contributed by atoms with van der Waals surface area (Å²) in [7, 11) is 2.32. The minimum absolute atomic E-state index is 0.00325. The standard InChI is InChI=1S/C19H27FN4O3S/c1-21-19(23-12-17(24(2)3)18-6-5-9-27-18)22-11-15-10-16(20)8-7-14(15)13-28(4,25)26/h5-10,17H,11-13H2,1-4H3,(H2,21,22,23). The first-order valence-corrected chi connectivity index (χ1v) is 10.8. The Hall–Kier alpha value is -2.39. The summed E-state index contributed by atoms with van der Waals surface area (Å²) >= 11 is 0. The fourth-order valence-corrected chi connectivity index (χ4v) is 3.64. The van der Waals surface area contributed by atoms with E-state index in [9.17, 15) is 12.8 Å². The normalized spacial score (nSPS) is 13.6. The smallest absolute Gasteiger partial charge is 0.191 e. The second-order valence-corrected chi connectivity index (χ2v) is 8.92. The van der Waals surface area contributed by atoms with Gasteiger partial charge < -0.3 is 15.1 Å². The Bertz CT molecular complexity index is 896. The van der Waals surface area contributed by atoms with Crippen LogP contribution >= 0.6 is 0 Å². The molecule has 0 saturated heterocycles. The monoisotopic (exact) mass is 410 g/mol. The van der Waals surface area contributed by atoms with Crippen LogP contribution in [0.4, 0.5) is 4.39 Å². The molecule has 28 heavy (non-hydrogen) atoms. The Kier molecular flexibility index (Phi) is 7.59. The summed E-state index contributed by atoms with van der Waals surface area (Å²) in [6.45, 7) is 0.787. The van der Waals surface area contributed by atoms with Crippen LogP contribution in [-0.2, 0) is 22.1 Å². The molecule has 7 nitrogen and oxygen atoms in total. The van der Waals surface area contributed by atoms with E-state index in [2.05, 4.69) is 15.6 Å². The van der Waals surface area contributed by atoms with Crippen molar-refractivity contribution in [2.45, 2.75) is 18.3 Å². The van der Waals surface area contributed by atoms with Crippen molar-refractivity contribution in [1.82, 2.24) is 15.5 Å². The number of halogens is 1. The van der Waals surface area contributed by atoms with Crippen LogP contribution in [0.5, 0.6) is 0 Å². The molecule has 1 heterocycles. The number of aliphatic imine (C=N–C) groups is 1. The first-order valence-electron chi connectivity index (χ1n) is 8.79. The van der Waals surface area contributed by atoms with E-state index in [1.54, 1.807) is 13.3 Å². The van der Waals surface area contributed by atoms with Gasteiger partial charge in [0.15, 0.2) is 15.8 Å². The molecule has 154 valence electrons. The van der Waals surface area contributed by atoms with Crippen LogP contribution in [0.25, 0.3) is 0 Å². The summed E-state index contributed by atoms with van der Waals surface area (Å²) in [4.78, 5) is 6.20. The minimum Gasteiger partial charge on any atom is -0.468 e. The van der Waals surface area contributed by atoms with Crippen molar-refractivity contribution >= 4 is 15.8 Å². The van der Waals surface area contributed by atoms with Crippen molar-refractivity contribution in [3.8, 4) is 0 Å². The zero-order valence-electron chi connectivity index (χ0n) is 16.6. The molecule has 0 spiro atoms. The molecule has 1 unspecified atom stereocenters. The quantitative estimate of drug-likeness (QED) is 0.511. The lowest BCUT2D eigenvalue weighted by molar-refractivity contribution is 0.258. The third-order valence-electron chi connectivity index (χ3n) is 4.21. The van der Waals surface area contributed by atoms with Crippen LogP contribution in [0.1, 0.15) is 22.9 Å². The Morgan fingerprint density at radius 1 is 1.25 bits per heavy atom. The van der Waals surface area contributed by atoms with Gasteiger partial charge in [-0.3, -0.25) is 9.89 Å². The summed E-state index contributed by atoms with van der Waals surface area (Å²) in [6, 6.07) is 7.86. The van der Waals surface area contributed by atoms with E-state index in [0.29, 0.717) is 23.6 Å². The van der Waals surface area contributed by atoms with E-state index in [0.717, 1.165) is 12.0 Å². The van der Waals surface area contributed by atoms with Crippen LogP contribution in [0.3, 0.4) is 0 Å². The first-order chi connectivity index (χ1) is 13.2. The highest BCUT2D eigenvalue weighted by molar-refractivity contribution is 7.89. The zero-order valence-corrected chi connectivity index (χ0v) is 17.4.